The van der Waals surface area contributed by atoms with Crippen LogP contribution in [0.25, 0.3) is 11.4 Å². The van der Waals surface area contributed by atoms with E-state index in [-0.39, 0.29) is 24.8 Å². The van der Waals surface area contributed by atoms with Gasteiger partial charge in [-0.25, -0.2) is 0 Å². The van der Waals surface area contributed by atoms with Crippen LogP contribution in [0, 0.1) is 13.8 Å². The number of anilines is 1. The zero-order valence-electron chi connectivity index (χ0n) is 17.1. The maximum Gasteiger partial charge on any atom is 0.243 e. The lowest BCUT2D eigenvalue weighted by Crippen LogP contribution is -2.35. The van der Waals surface area contributed by atoms with Crippen molar-refractivity contribution in [3.8, 4) is 11.4 Å². The fourth-order valence-electron chi connectivity index (χ4n) is 2.84. The summed E-state index contributed by atoms with van der Waals surface area (Å²) in [6.07, 6.45) is 0.492. The van der Waals surface area contributed by atoms with Crippen LogP contribution in [-0.2, 0) is 16.0 Å². The third kappa shape index (κ3) is 5.76. The number of rotatable bonds is 7. The molecule has 3 rings (SSSR count). The van der Waals surface area contributed by atoms with E-state index in [9.17, 15) is 9.59 Å². The number of amides is 2. The molecule has 0 saturated heterocycles. The third-order valence-electron chi connectivity index (χ3n) is 4.60. The molecular weight excluding hydrogens is 448 g/mol. The van der Waals surface area contributed by atoms with E-state index in [0.29, 0.717) is 18.1 Å². The molecule has 0 unspecified atom stereocenters. The predicted molar refractivity (Wildman–Crippen MR) is 118 cm³/mol. The molecule has 0 atom stereocenters. The maximum atomic E-state index is 12.4. The first-order valence-corrected chi connectivity index (χ1v) is 10.3. The topological polar surface area (TPSA) is 88.3 Å². The zero-order valence-corrected chi connectivity index (χ0v) is 18.7. The van der Waals surface area contributed by atoms with Crippen LogP contribution < -0.4 is 5.32 Å². The Morgan fingerprint density at radius 3 is 2.57 bits per heavy atom. The van der Waals surface area contributed by atoms with Crippen LogP contribution in [0.3, 0.4) is 0 Å². The lowest BCUT2D eigenvalue weighted by Gasteiger charge is -2.17. The van der Waals surface area contributed by atoms with E-state index in [1.165, 1.54) is 4.90 Å². The van der Waals surface area contributed by atoms with Gasteiger partial charge in [0.15, 0.2) is 0 Å². The lowest BCUT2D eigenvalue weighted by atomic mass is 10.1. The van der Waals surface area contributed by atoms with Gasteiger partial charge >= 0.3 is 0 Å². The van der Waals surface area contributed by atoms with Crippen LogP contribution in [-0.4, -0.2) is 40.4 Å². The van der Waals surface area contributed by atoms with Gasteiger partial charge in [0.1, 0.15) is 0 Å². The van der Waals surface area contributed by atoms with Crippen LogP contribution in [0.15, 0.2) is 51.5 Å². The van der Waals surface area contributed by atoms with Crippen molar-refractivity contribution in [2.24, 2.45) is 0 Å². The normalized spacial score (nSPS) is 10.7. The average molecular weight is 471 g/mol. The Bertz CT molecular complexity index is 1050. The van der Waals surface area contributed by atoms with E-state index in [1.54, 1.807) is 7.05 Å². The van der Waals surface area contributed by atoms with Crippen LogP contribution in [0.4, 0.5) is 5.69 Å². The Morgan fingerprint density at radius 2 is 1.87 bits per heavy atom. The number of likely N-dealkylation sites (N-methyl/N-ethyl adjacent to an activating group) is 1. The summed E-state index contributed by atoms with van der Waals surface area (Å²) in [6, 6.07) is 13.4. The number of carbonyl (C=O) groups excluding carboxylic acids is 2. The van der Waals surface area contributed by atoms with Gasteiger partial charge in [-0.3, -0.25) is 9.59 Å². The first-order chi connectivity index (χ1) is 14.3. The van der Waals surface area contributed by atoms with Crippen molar-refractivity contribution in [1.29, 1.82) is 0 Å². The first-order valence-electron chi connectivity index (χ1n) is 9.51. The minimum absolute atomic E-state index is 0.0349. The predicted octanol–water partition coefficient (Wildman–Crippen LogP) is 4.15. The van der Waals surface area contributed by atoms with E-state index in [0.717, 1.165) is 26.9 Å². The van der Waals surface area contributed by atoms with E-state index < -0.39 is 0 Å². The highest BCUT2D eigenvalue weighted by Gasteiger charge is 2.16. The van der Waals surface area contributed by atoms with Crippen molar-refractivity contribution < 1.29 is 14.1 Å². The molecule has 1 N–H and O–H groups in total. The fraction of sp³-hybridized carbons (Fsp3) is 0.273. The Morgan fingerprint density at radius 1 is 1.13 bits per heavy atom. The molecule has 0 saturated carbocycles. The van der Waals surface area contributed by atoms with Crippen molar-refractivity contribution in [2.75, 3.05) is 18.9 Å². The van der Waals surface area contributed by atoms with Crippen LogP contribution in [0.2, 0.25) is 0 Å². The fourth-order valence-corrected chi connectivity index (χ4v) is 3.32. The summed E-state index contributed by atoms with van der Waals surface area (Å²) in [5.74, 6) is 0.459. The van der Waals surface area contributed by atoms with Crippen LogP contribution in [0.1, 0.15) is 23.4 Å². The Balaban J connectivity index is 1.49. The molecule has 0 radical (unpaired) electrons. The number of aromatic nitrogens is 2. The molecule has 2 aromatic carbocycles. The standard InChI is InChI=1S/C22H23BrN4O3/c1-14-4-6-16(7-5-14)22-25-20(30-26-22)10-11-21(29)27(3)13-19(28)24-18-9-8-17(23)12-15(18)2/h4-9,12H,10-11,13H2,1-3H3,(H,24,28). The zero-order chi connectivity index (χ0) is 21.7. The van der Waals surface area contributed by atoms with Gasteiger partial charge in [0, 0.05) is 35.6 Å². The van der Waals surface area contributed by atoms with Crippen molar-refractivity contribution in [3.05, 3.63) is 64.0 Å². The summed E-state index contributed by atoms with van der Waals surface area (Å²) in [5, 5.41) is 6.80. The van der Waals surface area contributed by atoms with Crippen LogP contribution in [0.5, 0.6) is 0 Å². The molecule has 2 amide bonds. The smallest absolute Gasteiger partial charge is 0.243 e. The van der Waals surface area contributed by atoms with Gasteiger partial charge in [-0.2, -0.15) is 4.98 Å². The first kappa shape index (κ1) is 21.7. The second-order valence-corrected chi connectivity index (χ2v) is 8.05. The highest BCUT2D eigenvalue weighted by atomic mass is 79.9. The Kier molecular flexibility index (Phi) is 6.99. The molecule has 8 heteroatoms. The van der Waals surface area contributed by atoms with Crippen molar-refractivity contribution in [1.82, 2.24) is 15.0 Å². The van der Waals surface area contributed by atoms with E-state index in [4.69, 9.17) is 4.52 Å². The third-order valence-corrected chi connectivity index (χ3v) is 5.09. The summed E-state index contributed by atoms with van der Waals surface area (Å²) in [4.78, 5) is 30.4. The van der Waals surface area contributed by atoms with E-state index in [1.807, 2.05) is 56.3 Å². The minimum Gasteiger partial charge on any atom is -0.339 e. The number of benzene rings is 2. The quantitative estimate of drug-likeness (QED) is 0.560. The highest BCUT2D eigenvalue weighted by Crippen LogP contribution is 2.20. The van der Waals surface area contributed by atoms with Crippen LogP contribution >= 0.6 is 15.9 Å². The largest absolute Gasteiger partial charge is 0.339 e. The van der Waals surface area contributed by atoms with Crippen molar-refractivity contribution >= 4 is 33.4 Å². The van der Waals surface area contributed by atoms with E-state index in [2.05, 4.69) is 31.4 Å². The summed E-state index contributed by atoms with van der Waals surface area (Å²) >= 11 is 3.39. The molecule has 1 heterocycles. The molecule has 0 bridgehead atoms. The highest BCUT2D eigenvalue weighted by molar-refractivity contribution is 9.10. The minimum atomic E-state index is -0.254. The maximum absolute atomic E-state index is 12.4. The number of hydrogen-bond donors (Lipinski definition) is 1. The molecule has 7 nitrogen and oxygen atoms in total. The molecular formula is C22H23BrN4O3. The second-order valence-electron chi connectivity index (χ2n) is 7.13. The summed E-state index contributed by atoms with van der Waals surface area (Å²) in [7, 11) is 1.60. The number of hydrogen-bond acceptors (Lipinski definition) is 5. The number of carbonyl (C=O) groups is 2. The number of aryl methyl sites for hydroxylation is 3. The van der Waals surface area contributed by atoms with Gasteiger partial charge in [-0.15, -0.1) is 0 Å². The molecule has 1 aromatic heterocycles. The summed E-state index contributed by atoms with van der Waals surface area (Å²) < 4.78 is 6.19. The van der Waals surface area contributed by atoms with Crippen molar-refractivity contribution in [2.45, 2.75) is 26.7 Å². The van der Waals surface area contributed by atoms with Gasteiger partial charge in [-0.05, 0) is 37.6 Å². The lowest BCUT2D eigenvalue weighted by molar-refractivity contribution is -0.133. The number of halogens is 1. The van der Waals surface area contributed by atoms with Gasteiger partial charge in [0.25, 0.3) is 0 Å². The molecule has 0 fully saturated rings. The number of nitrogens with zero attached hydrogens (tertiary/aromatic N) is 3. The van der Waals surface area contributed by atoms with Gasteiger partial charge < -0.3 is 14.7 Å². The molecule has 0 aliphatic heterocycles. The molecule has 30 heavy (non-hydrogen) atoms. The van der Waals surface area contributed by atoms with E-state index >= 15 is 0 Å². The Labute approximate surface area is 183 Å². The Hall–Kier alpha value is -3.00. The SMILES string of the molecule is Cc1ccc(-c2noc(CCC(=O)N(C)CC(=O)Nc3ccc(Br)cc3C)n2)cc1. The second kappa shape index (κ2) is 9.67. The monoisotopic (exact) mass is 470 g/mol. The van der Waals surface area contributed by atoms with Gasteiger partial charge in [-0.1, -0.05) is 50.9 Å². The molecule has 0 aliphatic rings. The average Bonchev–Trinajstić information content (AvgIpc) is 3.17. The molecule has 3 aromatic rings. The molecule has 0 spiro atoms. The summed E-state index contributed by atoms with van der Waals surface area (Å²) in [6.45, 7) is 3.88. The number of nitrogens with one attached hydrogen (secondary N) is 1. The van der Waals surface area contributed by atoms with Gasteiger partial charge in [0.05, 0.1) is 6.54 Å². The summed E-state index contributed by atoms with van der Waals surface area (Å²) in [5.41, 5.74) is 3.67. The van der Waals surface area contributed by atoms with Gasteiger partial charge in [0.2, 0.25) is 23.5 Å². The molecule has 156 valence electrons. The molecule has 0 aliphatic carbocycles. The van der Waals surface area contributed by atoms with Crippen molar-refractivity contribution in [3.63, 3.8) is 0 Å².